The number of hydrogen-bond donors (Lipinski definition) is 0. The largest absolute Gasteiger partial charge is 0.460 e. The van der Waals surface area contributed by atoms with E-state index >= 15 is 0 Å². The van der Waals surface area contributed by atoms with Crippen LogP contribution in [0.4, 0.5) is 0 Å². The standard InChI is InChI=1S/C12H11N3O3S/c1-2-18-12(17)11(16)10-7-6-9(19-10)5-3-4-8-14-15-13/h6-7H,2,4,8H2,1H3. The van der Waals surface area contributed by atoms with Crippen molar-refractivity contribution < 1.29 is 14.3 Å². The van der Waals surface area contributed by atoms with Crippen LogP contribution in [-0.2, 0) is 9.53 Å². The second kappa shape index (κ2) is 7.93. The third-order valence-electron chi connectivity index (χ3n) is 1.90. The van der Waals surface area contributed by atoms with E-state index in [2.05, 4.69) is 26.6 Å². The van der Waals surface area contributed by atoms with Crippen molar-refractivity contribution in [1.29, 1.82) is 0 Å². The van der Waals surface area contributed by atoms with Crippen molar-refractivity contribution >= 4 is 23.1 Å². The molecule has 0 saturated heterocycles. The fourth-order valence-corrected chi connectivity index (χ4v) is 1.93. The van der Waals surface area contributed by atoms with Crippen LogP contribution in [0.1, 0.15) is 27.9 Å². The smallest absolute Gasteiger partial charge is 0.380 e. The number of ketones is 1. The summed E-state index contributed by atoms with van der Waals surface area (Å²) >= 11 is 1.13. The van der Waals surface area contributed by atoms with E-state index in [0.29, 0.717) is 22.7 Å². The lowest BCUT2D eigenvalue weighted by atomic mass is 10.3. The Morgan fingerprint density at radius 1 is 1.53 bits per heavy atom. The molecule has 0 radical (unpaired) electrons. The van der Waals surface area contributed by atoms with Gasteiger partial charge in [-0.05, 0) is 24.6 Å². The van der Waals surface area contributed by atoms with Crippen LogP contribution in [0.2, 0.25) is 0 Å². The van der Waals surface area contributed by atoms with E-state index in [0.717, 1.165) is 11.3 Å². The van der Waals surface area contributed by atoms with Crippen LogP contribution < -0.4 is 0 Å². The van der Waals surface area contributed by atoms with Gasteiger partial charge in [-0.2, -0.15) is 0 Å². The Morgan fingerprint density at radius 3 is 3.00 bits per heavy atom. The number of ether oxygens (including phenoxy) is 1. The van der Waals surface area contributed by atoms with Gasteiger partial charge in [0, 0.05) is 17.9 Å². The zero-order chi connectivity index (χ0) is 14.1. The molecule has 1 aromatic heterocycles. The number of Topliss-reactive ketones (excluding diaryl/α,β-unsaturated/α-hetero) is 1. The number of nitrogens with zero attached hydrogens (tertiary/aromatic N) is 3. The molecule has 0 saturated carbocycles. The Labute approximate surface area is 114 Å². The molecule has 1 heterocycles. The number of thiophene rings is 1. The fraction of sp³-hybridized carbons (Fsp3) is 0.333. The SMILES string of the molecule is CCOC(=O)C(=O)c1ccc(C#CCCN=[N+]=[N-])s1. The molecule has 0 spiro atoms. The highest BCUT2D eigenvalue weighted by molar-refractivity contribution is 7.15. The lowest BCUT2D eigenvalue weighted by molar-refractivity contribution is -0.137. The Balaban J connectivity index is 2.64. The predicted octanol–water partition coefficient (Wildman–Crippen LogP) is 2.55. The van der Waals surface area contributed by atoms with Gasteiger partial charge in [-0.25, -0.2) is 4.79 Å². The van der Waals surface area contributed by atoms with Gasteiger partial charge in [0.15, 0.2) is 0 Å². The van der Waals surface area contributed by atoms with Crippen molar-refractivity contribution in [2.45, 2.75) is 13.3 Å². The summed E-state index contributed by atoms with van der Waals surface area (Å²) in [5.74, 6) is 4.13. The van der Waals surface area contributed by atoms with Crippen LogP contribution in [0.15, 0.2) is 17.2 Å². The van der Waals surface area contributed by atoms with Gasteiger partial charge >= 0.3 is 5.97 Å². The van der Waals surface area contributed by atoms with Crippen LogP contribution in [-0.4, -0.2) is 24.9 Å². The molecule has 0 fully saturated rings. The van der Waals surface area contributed by atoms with Crippen LogP contribution in [0.5, 0.6) is 0 Å². The third kappa shape index (κ3) is 4.84. The summed E-state index contributed by atoms with van der Waals surface area (Å²) in [6.45, 7) is 2.12. The average Bonchev–Trinajstić information content (AvgIpc) is 2.86. The minimum atomic E-state index is -0.854. The van der Waals surface area contributed by atoms with Gasteiger partial charge < -0.3 is 4.74 Å². The van der Waals surface area contributed by atoms with Crippen molar-refractivity contribution in [3.05, 3.63) is 32.3 Å². The van der Waals surface area contributed by atoms with Gasteiger partial charge in [0.2, 0.25) is 0 Å². The van der Waals surface area contributed by atoms with Crippen LogP contribution in [0, 0.1) is 11.8 Å². The summed E-state index contributed by atoms with van der Waals surface area (Å²) in [6, 6.07) is 3.21. The molecule has 19 heavy (non-hydrogen) atoms. The zero-order valence-electron chi connectivity index (χ0n) is 10.3. The molecule has 7 heteroatoms. The predicted molar refractivity (Wildman–Crippen MR) is 70.8 cm³/mol. The minimum Gasteiger partial charge on any atom is -0.460 e. The molecule has 0 N–H and O–H groups in total. The summed E-state index contributed by atoms with van der Waals surface area (Å²) in [7, 11) is 0. The maximum atomic E-state index is 11.6. The summed E-state index contributed by atoms with van der Waals surface area (Å²) in [5, 5.41) is 3.35. The summed E-state index contributed by atoms with van der Waals surface area (Å²) in [4.78, 5) is 26.4. The maximum Gasteiger partial charge on any atom is 0.380 e. The molecule has 0 bridgehead atoms. The second-order valence-corrected chi connectivity index (χ2v) is 4.30. The fourth-order valence-electron chi connectivity index (χ4n) is 1.12. The average molecular weight is 277 g/mol. The van der Waals surface area contributed by atoms with Crippen LogP contribution >= 0.6 is 11.3 Å². The number of esters is 1. The van der Waals surface area contributed by atoms with Crippen molar-refractivity contribution in [2.24, 2.45) is 5.11 Å². The zero-order valence-corrected chi connectivity index (χ0v) is 11.1. The van der Waals surface area contributed by atoms with Gasteiger partial charge in [0.25, 0.3) is 5.78 Å². The Morgan fingerprint density at radius 2 is 2.32 bits per heavy atom. The van der Waals surface area contributed by atoms with Crippen molar-refractivity contribution in [1.82, 2.24) is 0 Å². The van der Waals surface area contributed by atoms with Crippen molar-refractivity contribution in [3.8, 4) is 11.8 Å². The van der Waals surface area contributed by atoms with E-state index in [9.17, 15) is 9.59 Å². The first-order valence-corrected chi connectivity index (χ1v) is 6.31. The first-order chi connectivity index (χ1) is 9.19. The quantitative estimate of drug-likeness (QED) is 0.121. The Bertz CT molecular complexity index is 577. The normalized spacial score (nSPS) is 8.89. The molecule has 98 valence electrons. The van der Waals surface area contributed by atoms with Gasteiger partial charge in [0.05, 0.1) is 16.4 Å². The Hall–Kier alpha value is -2.29. The van der Waals surface area contributed by atoms with E-state index in [1.54, 1.807) is 19.1 Å². The molecule has 6 nitrogen and oxygen atoms in total. The molecule has 1 rings (SSSR count). The van der Waals surface area contributed by atoms with Gasteiger partial charge in [-0.3, -0.25) is 4.79 Å². The first-order valence-electron chi connectivity index (χ1n) is 5.50. The van der Waals surface area contributed by atoms with E-state index < -0.39 is 11.8 Å². The van der Waals surface area contributed by atoms with Crippen molar-refractivity contribution in [2.75, 3.05) is 13.2 Å². The van der Waals surface area contributed by atoms with Gasteiger partial charge in [-0.1, -0.05) is 17.0 Å². The lowest BCUT2D eigenvalue weighted by Crippen LogP contribution is -2.16. The molecule has 1 aromatic rings. The molecular weight excluding hydrogens is 266 g/mol. The molecule has 0 atom stereocenters. The molecule has 0 amide bonds. The number of rotatable bonds is 5. The highest BCUT2D eigenvalue weighted by atomic mass is 32.1. The van der Waals surface area contributed by atoms with Gasteiger partial charge in [0.1, 0.15) is 0 Å². The van der Waals surface area contributed by atoms with Crippen LogP contribution in [0.25, 0.3) is 10.4 Å². The summed E-state index contributed by atoms with van der Waals surface area (Å²) in [5.41, 5.74) is 8.07. The minimum absolute atomic E-state index is 0.169. The summed E-state index contributed by atoms with van der Waals surface area (Å²) < 4.78 is 4.63. The number of carbonyl (C=O) groups excluding carboxylic acids is 2. The van der Waals surface area contributed by atoms with Gasteiger partial charge in [-0.15, -0.1) is 11.3 Å². The topological polar surface area (TPSA) is 92.1 Å². The van der Waals surface area contributed by atoms with E-state index in [1.165, 1.54) is 0 Å². The molecule has 0 aromatic carbocycles. The number of hydrogen-bond acceptors (Lipinski definition) is 5. The monoisotopic (exact) mass is 277 g/mol. The van der Waals surface area contributed by atoms with E-state index in [4.69, 9.17) is 5.53 Å². The highest BCUT2D eigenvalue weighted by Gasteiger charge is 2.18. The third-order valence-corrected chi connectivity index (χ3v) is 2.90. The molecular formula is C12H11N3O3S. The Kier molecular flexibility index (Phi) is 6.16. The number of azide groups is 1. The lowest BCUT2D eigenvalue weighted by Gasteiger charge is -1.97. The molecule has 0 aliphatic carbocycles. The molecule has 0 aliphatic rings. The maximum absolute atomic E-state index is 11.6. The molecule has 0 aliphatic heterocycles. The van der Waals surface area contributed by atoms with Crippen molar-refractivity contribution in [3.63, 3.8) is 0 Å². The second-order valence-electron chi connectivity index (χ2n) is 3.22. The number of carbonyl (C=O) groups is 2. The van der Waals surface area contributed by atoms with E-state index in [1.807, 2.05) is 0 Å². The highest BCUT2D eigenvalue weighted by Crippen LogP contribution is 2.16. The van der Waals surface area contributed by atoms with Crippen LogP contribution in [0.3, 0.4) is 0 Å². The van der Waals surface area contributed by atoms with E-state index in [-0.39, 0.29) is 6.61 Å². The first kappa shape index (κ1) is 14.8. The molecule has 0 unspecified atom stereocenters. The summed E-state index contributed by atoms with van der Waals surface area (Å²) in [6.07, 6.45) is 0.448.